The van der Waals surface area contributed by atoms with Crippen LogP contribution in [0.5, 0.6) is 0 Å². The Hall–Kier alpha value is -7.54. The van der Waals surface area contributed by atoms with E-state index in [-0.39, 0.29) is 196 Å². The van der Waals surface area contributed by atoms with Crippen molar-refractivity contribution in [1.29, 1.82) is 0 Å². The molecule has 6 unspecified atom stereocenters. The highest BCUT2D eigenvalue weighted by molar-refractivity contribution is 8.01. The first-order chi connectivity index (χ1) is 70.3. The van der Waals surface area contributed by atoms with E-state index in [0.29, 0.717) is 34.5 Å². The number of hydrogen-bond donors (Lipinski definition) is 0. The van der Waals surface area contributed by atoms with Crippen LogP contribution >= 0.6 is 70.6 Å². The zero-order valence-corrected chi connectivity index (χ0v) is 99.3. The molecule has 0 aromatic rings. The average Bonchev–Trinajstić information content (AvgIpc) is 0.893. The van der Waals surface area contributed by atoms with Gasteiger partial charge in [-0.25, -0.2) is 0 Å². The molecule has 34 heteroatoms. The smallest absolute Gasteiger partial charge is 0.318 e. The van der Waals surface area contributed by atoms with Crippen molar-refractivity contribution in [2.24, 2.45) is 0 Å². The van der Waals surface area contributed by atoms with Crippen LogP contribution in [0.25, 0.3) is 0 Å². The fraction of sp³-hybridized carbons (Fsp3) is 0.684. The fourth-order valence-electron chi connectivity index (χ4n) is 13.2. The Bertz CT molecular complexity index is 3590. The second kappa shape index (κ2) is 89.9. The standard InChI is InChI=1S/C114H186N4O24S6/c1-85(2)31-25-37-91(13)49-79-143-97(19)109(125)137-73-67-131-103(119)43-55-115(56-44-104(120)132-68-74-138-110(126)98(20)144-80-50-92(14)38-26-32-86(3)4)61-64-118(65-62-116(57-45-105(121)133-69-75-139-111(127)99(21)145-81-51-93(15)39-27-33-87(5)6)58-46-106(122)134-70-76-140-112(128)100(22)146-82-52-94(16)40-28-34-88(7)8)66-63-117(59-47-107(123)135-71-77-141-113(129)101(23)147-83-53-95(17)41-29-35-89(9)10)60-48-108(124)136-72-78-142-114(130)102(24)148-84-54-96(18)42-30-36-90(11)12/h31-36,49-54,97-102H,25-30,37-48,55-84H2,1-24H3/b91-49-,92-50-,93-51-,94-52-,95-53-,96-54-. The SMILES string of the molecule is CC(C)=CCC/C(C)=C\CSC(C)C(=O)OCCOC(=O)CCN(CCC(=O)OCCOC(=O)C(C)SC/C=C(/C)CCC=C(C)C)CCN(CCN(CCC(=O)OCCOC(=O)C(C)SC/C=C(/C)CCC=C(C)C)CCC(=O)OCCOC(=O)C(C)SC/C=C(/C)CCC=C(C)C)CCN(CCC(=O)OCCOC(=O)C(C)SC/C=C(/C)CCC=C(C)C)CCC(=O)OCCOC(=O)C(C)SC/C=C(/C)CCC=C(C)C. The van der Waals surface area contributed by atoms with E-state index < -0.39 is 103 Å². The van der Waals surface area contributed by atoms with E-state index in [0.717, 1.165) is 77.0 Å². The largest absolute Gasteiger partial charge is 0.462 e. The number of nitrogens with zero attached hydrogens (tertiary/aromatic N) is 4. The number of allylic oxidation sites excluding steroid dienone is 18. The lowest BCUT2D eigenvalue weighted by molar-refractivity contribution is -0.152. The quantitative estimate of drug-likeness (QED) is 0.0236. The molecule has 0 radical (unpaired) electrons. The molecule has 0 aliphatic rings. The van der Waals surface area contributed by atoms with Gasteiger partial charge >= 0.3 is 71.6 Å². The van der Waals surface area contributed by atoms with Gasteiger partial charge in [0.1, 0.15) is 79.3 Å². The van der Waals surface area contributed by atoms with Gasteiger partial charge in [0, 0.05) is 113 Å². The molecule has 0 spiro atoms. The summed E-state index contributed by atoms with van der Waals surface area (Å²) in [6, 6.07) is 0. The average molecular weight is 2190 g/mol. The van der Waals surface area contributed by atoms with Crippen molar-refractivity contribution in [2.75, 3.05) is 192 Å². The molecule has 0 aliphatic heterocycles. The topological polar surface area (TPSA) is 329 Å². The van der Waals surface area contributed by atoms with Crippen molar-refractivity contribution >= 4 is 142 Å². The third kappa shape index (κ3) is 85.0. The molecular formula is C114H186N4O24S6. The van der Waals surface area contributed by atoms with Crippen LogP contribution in [0.1, 0.15) is 282 Å². The zero-order chi connectivity index (χ0) is 111. The third-order valence-electron chi connectivity index (χ3n) is 22.7. The summed E-state index contributed by atoms with van der Waals surface area (Å²) < 4.78 is 67.1. The Morgan fingerprint density at radius 2 is 0.297 bits per heavy atom. The lowest BCUT2D eigenvalue weighted by Gasteiger charge is -2.32. The number of ether oxygens (including phenoxy) is 12. The first kappa shape index (κ1) is 140. The summed E-state index contributed by atoms with van der Waals surface area (Å²) in [6.45, 7) is 47.0. The Labute approximate surface area is 915 Å². The maximum Gasteiger partial charge on any atom is 0.318 e. The molecular weight excluding hydrogens is 2000 g/mol. The molecule has 148 heavy (non-hydrogen) atoms. The summed E-state index contributed by atoms with van der Waals surface area (Å²) in [5, 5.41) is -2.93. The highest BCUT2D eigenvalue weighted by atomic mass is 32.2. The second-order valence-corrected chi connectivity index (χ2v) is 46.5. The number of thioether (sulfide) groups is 6. The van der Waals surface area contributed by atoms with Gasteiger partial charge in [0.25, 0.3) is 0 Å². The van der Waals surface area contributed by atoms with Crippen LogP contribution in [0.4, 0.5) is 0 Å². The number of esters is 12. The van der Waals surface area contributed by atoms with E-state index >= 15 is 0 Å². The number of carbonyl (C=O) groups is 12. The van der Waals surface area contributed by atoms with Crippen molar-refractivity contribution < 1.29 is 114 Å². The predicted molar refractivity (Wildman–Crippen MR) is 611 cm³/mol. The summed E-state index contributed by atoms with van der Waals surface area (Å²) in [5.74, 6) is -2.69. The molecule has 0 aliphatic carbocycles. The molecule has 0 bridgehead atoms. The minimum atomic E-state index is -0.609. The summed E-state index contributed by atoms with van der Waals surface area (Å²) in [7, 11) is 0. The van der Waals surface area contributed by atoms with Gasteiger partial charge in [-0.15, -0.1) is 70.6 Å². The van der Waals surface area contributed by atoms with Crippen molar-refractivity contribution in [3.63, 3.8) is 0 Å². The van der Waals surface area contributed by atoms with Gasteiger partial charge in [-0.1, -0.05) is 140 Å². The summed E-state index contributed by atoms with van der Waals surface area (Å²) >= 11 is 8.62. The number of carbonyl (C=O) groups excluding carboxylic acids is 12. The Balaban J connectivity index is 7.90. The van der Waals surface area contributed by atoms with Crippen molar-refractivity contribution in [3.05, 3.63) is 140 Å². The number of hydrogen-bond acceptors (Lipinski definition) is 34. The van der Waals surface area contributed by atoms with Crippen LogP contribution in [0.3, 0.4) is 0 Å². The van der Waals surface area contributed by atoms with Crippen molar-refractivity contribution in [1.82, 2.24) is 19.6 Å². The molecule has 842 valence electrons. The molecule has 6 atom stereocenters. The Kier molecular flexibility index (Phi) is 85.3. The molecule has 0 rings (SSSR count). The minimum absolute atomic E-state index is 0.0637. The Morgan fingerprint density at radius 1 is 0.176 bits per heavy atom. The number of rotatable bonds is 87. The highest BCUT2D eigenvalue weighted by Crippen LogP contribution is 2.24. The molecule has 0 fully saturated rings. The van der Waals surface area contributed by atoms with Gasteiger partial charge in [0.2, 0.25) is 0 Å². The van der Waals surface area contributed by atoms with Gasteiger partial charge in [-0.05, 0) is 243 Å². The maximum atomic E-state index is 13.8. The van der Waals surface area contributed by atoms with Crippen LogP contribution < -0.4 is 0 Å². The van der Waals surface area contributed by atoms with Crippen LogP contribution in [0.2, 0.25) is 0 Å². The van der Waals surface area contributed by atoms with E-state index in [1.54, 1.807) is 41.5 Å². The van der Waals surface area contributed by atoms with E-state index in [4.69, 9.17) is 56.8 Å². The van der Waals surface area contributed by atoms with Gasteiger partial charge < -0.3 is 71.5 Å². The normalized spacial score (nSPS) is 13.2. The minimum Gasteiger partial charge on any atom is -0.462 e. The first-order valence-corrected chi connectivity index (χ1v) is 58.9. The van der Waals surface area contributed by atoms with E-state index in [1.165, 1.54) is 137 Å². The molecule has 0 aromatic heterocycles. The van der Waals surface area contributed by atoms with E-state index in [9.17, 15) is 57.5 Å². The molecule has 0 saturated heterocycles. The van der Waals surface area contributed by atoms with Gasteiger partial charge in [-0.2, -0.15) is 0 Å². The van der Waals surface area contributed by atoms with E-state index in [1.807, 2.05) is 14.7 Å². The lowest BCUT2D eigenvalue weighted by Crippen LogP contribution is -2.45. The van der Waals surface area contributed by atoms with Crippen LogP contribution in [0.15, 0.2) is 140 Å². The van der Waals surface area contributed by atoms with Crippen molar-refractivity contribution in [3.8, 4) is 0 Å². The van der Waals surface area contributed by atoms with Crippen molar-refractivity contribution in [2.45, 2.75) is 313 Å². The first-order valence-electron chi connectivity index (χ1n) is 52.6. The van der Waals surface area contributed by atoms with Crippen LogP contribution in [-0.4, -0.2) is 315 Å². The van der Waals surface area contributed by atoms with Crippen LogP contribution in [0, 0.1) is 0 Å². The van der Waals surface area contributed by atoms with Gasteiger partial charge in [-0.3, -0.25) is 62.4 Å². The summed E-state index contributed by atoms with van der Waals surface area (Å²) in [5.41, 5.74) is 14.8. The lowest BCUT2D eigenvalue weighted by atomic mass is 10.1. The Morgan fingerprint density at radius 3 is 0.426 bits per heavy atom. The molecule has 0 aromatic carbocycles. The van der Waals surface area contributed by atoms with Gasteiger partial charge in [0.05, 0.1) is 70.0 Å². The van der Waals surface area contributed by atoms with E-state index in [2.05, 4.69) is 202 Å². The highest BCUT2D eigenvalue weighted by Gasteiger charge is 2.25. The molecule has 0 amide bonds. The molecule has 28 nitrogen and oxygen atoms in total. The second-order valence-electron chi connectivity index (χ2n) is 38.3. The van der Waals surface area contributed by atoms with Gasteiger partial charge in [0.15, 0.2) is 0 Å². The molecule has 0 N–H and O–H groups in total. The summed E-state index contributed by atoms with van der Waals surface area (Å²) in [4.78, 5) is 169. The molecule has 0 saturated carbocycles. The summed E-state index contributed by atoms with van der Waals surface area (Å²) in [6.07, 6.45) is 35.8. The fourth-order valence-corrected chi connectivity index (χ4v) is 18.4. The maximum absolute atomic E-state index is 13.8. The monoisotopic (exact) mass is 2190 g/mol. The molecule has 0 heterocycles. The van der Waals surface area contributed by atoms with Crippen LogP contribution in [-0.2, 0) is 114 Å². The zero-order valence-electron chi connectivity index (χ0n) is 94.4. The third-order valence-corrected chi connectivity index (χ3v) is 29.1. The predicted octanol–water partition coefficient (Wildman–Crippen LogP) is 21.9.